The molecular weight excluding hydrogens is 264 g/mol. The first-order chi connectivity index (χ1) is 8.88. The van der Waals surface area contributed by atoms with Crippen LogP contribution in [0.15, 0.2) is 35.6 Å². The number of aromatic nitrogens is 2. The molecule has 0 aliphatic carbocycles. The highest BCUT2D eigenvalue weighted by molar-refractivity contribution is 7.89. The lowest BCUT2D eigenvalue weighted by Crippen LogP contribution is -2.14. The monoisotopic (exact) mass is 280 g/mol. The summed E-state index contributed by atoms with van der Waals surface area (Å²) in [5.41, 5.74) is 2.34. The minimum absolute atomic E-state index is 0.141. The molecule has 0 radical (unpaired) electrons. The first kappa shape index (κ1) is 13.6. The van der Waals surface area contributed by atoms with E-state index in [-0.39, 0.29) is 4.90 Å². The zero-order valence-corrected chi connectivity index (χ0v) is 11.6. The van der Waals surface area contributed by atoms with E-state index in [0.29, 0.717) is 17.8 Å². The van der Waals surface area contributed by atoms with Crippen LogP contribution >= 0.6 is 0 Å². The number of sulfonamides is 1. The van der Waals surface area contributed by atoms with Gasteiger partial charge in [-0.25, -0.2) is 18.5 Å². The van der Waals surface area contributed by atoms with E-state index in [1.807, 2.05) is 17.7 Å². The number of aryl methyl sites for hydroxylation is 2. The van der Waals surface area contributed by atoms with Crippen molar-refractivity contribution >= 4 is 15.7 Å². The van der Waals surface area contributed by atoms with Gasteiger partial charge in [-0.3, -0.25) is 0 Å². The fourth-order valence-corrected chi connectivity index (χ4v) is 2.57. The SMILES string of the molecule is Cc1ccc(NCc2cncn2C)cc1S(N)(=O)=O. The third-order valence-electron chi connectivity index (χ3n) is 2.88. The molecular formula is C12H16N4O2S. The molecule has 19 heavy (non-hydrogen) atoms. The van der Waals surface area contributed by atoms with Crippen LogP contribution in [0.3, 0.4) is 0 Å². The van der Waals surface area contributed by atoms with Crippen molar-refractivity contribution in [3.05, 3.63) is 42.0 Å². The van der Waals surface area contributed by atoms with E-state index in [1.165, 1.54) is 0 Å². The highest BCUT2D eigenvalue weighted by Gasteiger charge is 2.12. The van der Waals surface area contributed by atoms with Crippen molar-refractivity contribution in [1.82, 2.24) is 9.55 Å². The first-order valence-corrected chi connectivity index (χ1v) is 7.25. The second-order valence-electron chi connectivity index (χ2n) is 4.37. The molecule has 0 unspecified atom stereocenters. The number of primary sulfonamides is 1. The van der Waals surface area contributed by atoms with Crippen LogP contribution in [0.1, 0.15) is 11.3 Å². The number of hydrogen-bond acceptors (Lipinski definition) is 4. The van der Waals surface area contributed by atoms with Crippen molar-refractivity contribution in [1.29, 1.82) is 0 Å². The number of imidazole rings is 1. The third-order valence-corrected chi connectivity index (χ3v) is 3.94. The Hall–Kier alpha value is -1.86. The molecule has 6 nitrogen and oxygen atoms in total. The lowest BCUT2D eigenvalue weighted by Gasteiger charge is -2.10. The van der Waals surface area contributed by atoms with Gasteiger partial charge < -0.3 is 9.88 Å². The minimum atomic E-state index is -3.69. The number of nitrogens with zero attached hydrogens (tertiary/aromatic N) is 2. The smallest absolute Gasteiger partial charge is 0.238 e. The summed E-state index contributed by atoms with van der Waals surface area (Å²) < 4.78 is 24.7. The molecule has 1 heterocycles. The Labute approximate surface area is 112 Å². The molecule has 0 saturated carbocycles. The maximum atomic E-state index is 11.4. The number of nitrogens with two attached hydrogens (primary N) is 1. The molecule has 0 fully saturated rings. The molecule has 0 saturated heterocycles. The zero-order chi connectivity index (χ0) is 14.0. The van der Waals surface area contributed by atoms with E-state index in [0.717, 1.165) is 5.69 Å². The van der Waals surface area contributed by atoms with Gasteiger partial charge in [0.1, 0.15) is 0 Å². The van der Waals surface area contributed by atoms with Gasteiger partial charge in [0.25, 0.3) is 0 Å². The predicted molar refractivity (Wildman–Crippen MR) is 73.1 cm³/mol. The lowest BCUT2D eigenvalue weighted by atomic mass is 10.2. The third kappa shape index (κ3) is 3.12. The zero-order valence-electron chi connectivity index (χ0n) is 10.8. The average Bonchev–Trinajstić information content (AvgIpc) is 2.72. The fourth-order valence-electron chi connectivity index (χ4n) is 1.76. The minimum Gasteiger partial charge on any atom is -0.379 e. The number of benzene rings is 1. The van der Waals surface area contributed by atoms with E-state index in [4.69, 9.17) is 5.14 Å². The molecule has 7 heteroatoms. The largest absolute Gasteiger partial charge is 0.379 e. The van der Waals surface area contributed by atoms with Crippen LogP contribution in [0, 0.1) is 6.92 Å². The fraction of sp³-hybridized carbons (Fsp3) is 0.250. The molecule has 3 N–H and O–H groups in total. The van der Waals surface area contributed by atoms with Crippen LogP contribution in [0.2, 0.25) is 0 Å². The van der Waals surface area contributed by atoms with Crippen LogP contribution in [0.25, 0.3) is 0 Å². The summed E-state index contributed by atoms with van der Waals surface area (Å²) >= 11 is 0. The molecule has 0 amide bonds. The van der Waals surface area contributed by atoms with Gasteiger partial charge >= 0.3 is 0 Å². The Bertz CT molecular complexity index is 692. The van der Waals surface area contributed by atoms with Crippen molar-refractivity contribution in [2.45, 2.75) is 18.4 Å². The summed E-state index contributed by atoms with van der Waals surface area (Å²) in [5, 5.41) is 8.32. The molecule has 0 bridgehead atoms. The van der Waals surface area contributed by atoms with Crippen LogP contribution < -0.4 is 10.5 Å². The number of nitrogens with one attached hydrogen (secondary N) is 1. The van der Waals surface area contributed by atoms with E-state index in [9.17, 15) is 8.42 Å². The van der Waals surface area contributed by atoms with Gasteiger partial charge in [0.2, 0.25) is 10.0 Å². The first-order valence-electron chi connectivity index (χ1n) is 5.70. The van der Waals surface area contributed by atoms with Gasteiger partial charge in [0, 0.05) is 18.9 Å². The van der Waals surface area contributed by atoms with Gasteiger partial charge in [0.15, 0.2) is 0 Å². The van der Waals surface area contributed by atoms with E-state index in [2.05, 4.69) is 10.3 Å². The van der Waals surface area contributed by atoms with Gasteiger partial charge in [-0.15, -0.1) is 0 Å². The van der Waals surface area contributed by atoms with Gasteiger partial charge in [-0.1, -0.05) is 6.07 Å². The Balaban J connectivity index is 2.21. The van der Waals surface area contributed by atoms with Crippen molar-refractivity contribution in [2.75, 3.05) is 5.32 Å². The Morgan fingerprint density at radius 1 is 1.42 bits per heavy atom. The molecule has 102 valence electrons. The molecule has 1 aromatic carbocycles. The summed E-state index contributed by atoms with van der Waals surface area (Å²) in [7, 11) is -1.80. The summed E-state index contributed by atoms with van der Waals surface area (Å²) in [5.74, 6) is 0. The van der Waals surface area contributed by atoms with Gasteiger partial charge in [-0.05, 0) is 24.6 Å². The second kappa shape index (κ2) is 5.02. The quantitative estimate of drug-likeness (QED) is 0.873. The second-order valence-corrected chi connectivity index (χ2v) is 5.90. The van der Waals surface area contributed by atoms with Crippen LogP contribution in [-0.2, 0) is 23.6 Å². The number of rotatable bonds is 4. The molecule has 2 aromatic rings. The van der Waals surface area contributed by atoms with Crippen molar-refractivity contribution in [3.8, 4) is 0 Å². The summed E-state index contributed by atoms with van der Waals surface area (Å²) in [6, 6.07) is 5.09. The van der Waals surface area contributed by atoms with Gasteiger partial charge in [-0.2, -0.15) is 0 Å². The van der Waals surface area contributed by atoms with Crippen LogP contribution in [-0.4, -0.2) is 18.0 Å². The summed E-state index contributed by atoms with van der Waals surface area (Å²) in [4.78, 5) is 4.15. The summed E-state index contributed by atoms with van der Waals surface area (Å²) in [6.45, 7) is 2.27. The predicted octanol–water partition coefficient (Wildman–Crippen LogP) is 0.988. The summed E-state index contributed by atoms with van der Waals surface area (Å²) in [6.07, 6.45) is 3.46. The average molecular weight is 280 g/mol. The molecule has 1 aromatic heterocycles. The molecule has 0 aliphatic heterocycles. The Kier molecular flexibility index (Phi) is 3.59. The molecule has 0 spiro atoms. The Morgan fingerprint density at radius 3 is 2.74 bits per heavy atom. The maximum Gasteiger partial charge on any atom is 0.238 e. The lowest BCUT2D eigenvalue weighted by molar-refractivity contribution is 0.597. The van der Waals surface area contributed by atoms with Crippen molar-refractivity contribution in [2.24, 2.45) is 12.2 Å². The highest BCUT2D eigenvalue weighted by Crippen LogP contribution is 2.19. The number of hydrogen-bond donors (Lipinski definition) is 2. The molecule has 0 atom stereocenters. The van der Waals surface area contributed by atoms with E-state index >= 15 is 0 Å². The van der Waals surface area contributed by atoms with Crippen molar-refractivity contribution in [3.63, 3.8) is 0 Å². The standard InChI is InChI=1S/C12H16N4O2S/c1-9-3-4-10(5-12(9)19(13,17)18)15-7-11-6-14-8-16(11)2/h3-6,8,15H,7H2,1-2H3,(H2,13,17,18). The highest BCUT2D eigenvalue weighted by atomic mass is 32.2. The normalized spacial score (nSPS) is 11.5. The maximum absolute atomic E-state index is 11.4. The van der Waals surface area contributed by atoms with E-state index in [1.54, 1.807) is 31.6 Å². The van der Waals surface area contributed by atoms with Crippen LogP contribution in [0.5, 0.6) is 0 Å². The topological polar surface area (TPSA) is 90.0 Å². The Morgan fingerprint density at radius 2 is 2.16 bits per heavy atom. The molecule has 2 rings (SSSR count). The van der Waals surface area contributed by atoms with E-state index < -0.39 is 10.0 Å². The molecule has 0 aliphatic rings. The van der Waals surface area contributed by atoms with Gasteiger partial charge in [0.05, 0.1) is 23.5 Å². The van der Waals surface area contributed by atoms with Crippen LogP contribution in [0.4, 0.5) is 5.69 Å². The van der Waals surface area contributed by atoms with Crippen molar-refractivity contribution < 1.29 is 8.42 Å². The number of anilines is 1.